The molecule has 1 aromatic rings. The maximum absolute atomic E-state index is 12.5. The summed E-state index contributed by atoms with van der Waals surface area (Å²) in [5, 5.41) is 0. The van der Waals surface area contributed by atoms with Crippen molar-refractivity contribution in [2.45, 2.75) is 19.8 Å². The Morgan fingerprint density at radius 1 is 1.04 bits per heavy atom. The van der Waals surface area contributed by atoms with Crippen LogP contribution in [0.25, 0.3) is 0 Å². The Balaban J connectivity index is 1.94. The van der Waals surface area contributed by atoms with Crippen LogP contribution < -0.4 is 4.72 Å². The van der Waals surface area contributed by atoms with E-state index >= 15 is 0 Å². The van der Waals surface area contributed by atoms with Gasteiger partial charge in [-0.05, 0) is 30.7 Å². The third-order valence-corrected chi connectivity index (χ3v) is 4.43. The summed E-state index contributed by atoms with van der Waals surface area (Å²) in [7, 11) is -3.33. The van der Waals surface area contributed by atoms with Gasteiger partial charge in [0.15, 0.2) is 0 Å². The predicted molar refractivity (Wildman–Crippen MR) is 92.3 cm³/mol. The average molecular weight is 353 g/mol. The lowest BCUT2D eigenvalue weighted by Crippen LogP contribution is -2.50. The highest BCUT2D eigenvalue weighted by Gasteiger charge is 2.24. The van der Waals surface area contributed by atoms with Gasteiger partial charge in [-0.15, -0.1) is 0 Å². The van der Waals surface area contributed by atoms with E-state index in [1.54, 1.807) is 34.1 Å². The second kappa shape index (κ2) is 7.65. The van der Waals surface area contributed by atoms with E-state index in [1.807, 2.05) is 6.92 Å². The Kier molecular flexibility index (Phi) is 5.82. The minimum absolute atomic E-state index is 0.108. The first-order valence-corrected chi connectivity index (χ1v) is 9.84. The fraction of sp³-hybridized carbons (Fsp3) is 0.500. The lowest BCUT2D eigenvalue weighted by Gasteiger charge is -2.34. The molecule has 0 atom stereocenters. The maximum Gasteiger partial charge on any atom is 0.253 e. The standard InChI is InChI=1S/C16H23N3O4S/c1-3-4-15(20)18-9-11-19(12-10-18)16(21)13-5-7-14(8-6-13)17-24(2,22)23/h5-8,17H,3-4,9-12H2,1-2H3. The molecule has 1 fully saturated rings. The molecule has 7 nitrogen and oxygen atoms in total. The van der Waals surface area contributed by atoms with Crippen molar-refractivity contribution < 1.29 is 18.0 Å². The third-order valence-electron chi connectivity index (χ3n) is 3.82. The maximum atomic E-state index is 12.5. The highest BCUT2D eigenvalue weighted by atomic mass is 32.2. The molecule has 1 heterocycles. The summed E-state index contributed by atoms with van der Waals surface area (Å²) < 4.78 is 24.7. The molecule has 24 heavy (non-hydrogen) atoms. The first kappa shape index (κ1) is 18.3. The SMILES string of the molecule is CCCC(=O)N1CCN(C(=O)c2ccc(NS(C)(=O)=O)cc2)CC1. The van der Waals surface area contributed by atoms with Gasteiger partial charge in [-0.1, -0.05) is 6.92 Å². The summed E-state index contributed by atoms with van der Waals surface area (Å²) >= 11 is 0. The van der Waals surface area contributed by atoms with Crippen LogP contribution in [0.3, 0.4) is 0 Å². The summed E-state index contributed by atoms with van der Waals surface area (Å²) in [6.07, 6.45) is 2.44. The molecule has 8 heteroatoms. The van der Waals surface area contributed by atoms with E-state index in [0.29, 0.717) is 43.9 Å². The first-order valence-electron chi connectivity index (χ1n) is 7.95. The smallest absolute Gasteiger partial charge is 0.253 e. The van der Waals surface area contributed by atoms with Crippen molar-refractivity contribution in [2.24, 2.45) is 0 Å². The van der Waals surface area contributed by atoms with E-state index in [2.05, 4.69) is 4.72 Å². The number of hydrogen-bond donors (Lipinski definition) is 1. The molecule has 2 amide bonds. The van der Waals surface area contributed by atoms with E-state index in [4.69, 9.17) is 0 Å². The summed E-state index contributed by atoms with van der Waals surface area (Å²) in [4.78, 5) is 27.9. The molecule has 1 N–H and O–H groups in total. The molecule has 0 bridgehead atoms. The first-order chi connectivity index (χ1) is 11.3. The number of hydrogen-bond acceptors (Lipinski definition) is 4. The van der Waals surface area contributed by atoms with Crippen LogP contribution in [0.4, 0.5) is 5.69 Å². The van der Waals surface area contributed by atoms with Crippen molar-refractivity contribution in [3.05, 3.63) is 29.8 Å². The van der Waals surface area contributed by atoms with E-state index in [9.17, 15) is 18.0 Å². The zero-order chi connectivity index (χ0) is 17.7. The summed E-state index contributed by atoms with van der Waals surface area (Å²) in [5.41, 5.74) is 0.923. The number of rotatable bonds is 5. The molecule has 0 spiro atoms. The molecule has 0 aromatic heterocycles. The van der Waals surface area contributed by atoms with Gasteiger partial charge >= 0.3 is 0 Å². The molecule has 0 unspecified atom stereocenters. The number of sulfonamides is 1. The number of carbonyl (C=O) groups is 2. The van der Waals surface area contributed by atoms with Gasteiger partial charge in [0.1, 0.15) is 0 Å². The molecule has 0 radical (unpaired) electrons. The van der Waals surface area contributed by atoms with Crippen molar-refractivity contribution in [1.29, 1.82) is 0 Å². The highest BCUT2D eigenvalue weighted by Crippen LogP contribution is 2.14. The van der Waals surface area contributed by atoms with Crippen LogP contribution in [-0.2, 0) is 14.8 Å². The van der Waals surface area contributed by atoms with E-state index in [-0.39, 0.29) is 11.8 Å². The van der Waals surface area contributed by atoms with Crippen molar-refractivity contribution >= 4 is 27.5 Å². The average Bonchev–Trinajstić information content (AvgIpc) is 2.54. The monoisotopic (exact) mass is 353 g/mol. The molecule has 1 aliphatic rings. The van der Waals surface area contributed by atoms with Crippen molar-refractivity contribution in [1.82, 2.24) is 9.80 Å². The van der Waals surface area contributed by atoms with Gasteiger partial charge in [-0.3, -0.25) is 14.3 Å². The molecule has 132 valence electrons. The van der Waals surface area contributed by atoms with E-state index in [0.717, 1.165) is 12.7 Å². The Labute approximate surface area is 142 Å². The van der Waals surface area contributed by atoms with Crippen LogP contribution in [0, 0.1) is 0 Å². The van der Waals surface area contributed by atoms with Crippen LogP contribution in [0.5, 0.6) is 0 Å². The molecule has 0 saturated carbocycles. The summed E-state index contributed by atoms with van der Waals surface area (Å²) in [6.45, 7) is 4.10. The van der Waals surface area contributed by atoms with Crippen molar-refractivity contribution in [2.75, 3.05) is 37.2 Å². The largest absolute Gasteiger partial charge is 0.339 e. The van der Waals surface area contributed by atoms with Crippen LogP contribution in [0.15, 0.2) is 24.3 Å². The van der Waals surface area contributed by atoms with E-state index < -0.39 is 10.0 Å². The van der Waals surface area contributed by atoms with Gasteiger partial charge in [0, 0.05) is 43.9 Å². The quantitative estimate of drug-likeness (QED) is 0.860. The molecular weight excluding hydrogens is 330 g/mol. The molecule has 0 aliphatic carbocycles. The highest BCUT2D eigenvalue weighted by molar-refractivity contribution is 7.92. The Morgan fingerprint density at radius 2 is 1.58 bits per heavy atom. The normalized spacial score (nSPS) is 15.2. The van der Waals surface area contributed by atoms with Crippen molar-refractivity contribution in [3.63, 3.8) is 0 Å². The topological polar surface area (TPSA) is 86.8 Å². The van der Waals surface area contributed by atoms with Gasteiger partial charge < -0.3 is 9.80 Å². The van der Waals surface area contributed by atoms with Gasteiger partial charge in [-0.2, -0.15) is 0 Å². The summed E-state index contributed by atoms with van der Waals surface area (Å²) in [6, 6.07) is 6.33. The fourth-order valence-electron chi connectivity index (χ4n) is 2.61. The zero-order valence-electron chi connectivity index (χ0n) is 14.0. The number of anilines is 1. The molecule has 2 rings (SSSR count). The number of nitrogens with zero attached hydrogens (tertiary/aromatic N) is 2. The van der Waals surface area contributed by atoms with Gasteiger partial charge in [0.05, 0.1) is 6.26 Å². The molecule has 1 aliphatic heterocycles. The minimum Gasteiger partial charge on any atom is -0.339 e. The number of nitrogens with one attached hydrogen (secondary N) is 1. The number of amides is 2. The second-order valence-electron chi connectivity index (χ2n) is 5.87. The predicted octanol–water partition coefficient (Wildman–Crippen LogP) is 1.14. The molecular formula is C16H23N3O4S. The minimum atomic E-state index is -3.33. The van der Waals surface area contributed by atoms with Crippen LogP contribution >= 0.6 is 0 Å². The molecule has 1 aromatic carbocycles. The van der Waals surface area contributed by atoms with E-state index in [1.165, 1.54) is 0 Å². The second-order valence-corrected chi connectivity index (χ2v) is 7.62. The fourth-order valence-corrected chi connectivity index (χ4v) is 3.17. The van der Waals surface area contributed by atoms with Crippen LogP contribution in [0.2, 0.25) is 0 Å². The Hall–Kier alpha value is -2.09. The van der Waals surface area contributed by atoms with Crippen LogP contribution in [-0.4, -0.2) is 62.5 Å². The summed E-state index contributed by atoms with van der Waals surface area (Å²) in [5.74, 6) is 0.0318. The lowest BCUT2D eigenvalue weighted by atomic mass is 10.1. The lowest BCUT2D eigenvalue weighted by molar-refractivity contribution is -0.132. The van der Waals surface area contributed by atoms with Crippen LogP contribution in [0.1, 0.15) is 30.1 Å². The Morgan fingerprint density at radius 3 is 2.08 bits per heavy atom. The number of piperazine rings is 1. The van der Waals surface area contributed by atoms with Gasteiger partial charge in [-0.25, -0.2) is 8.42 Å². The number of benzene rings is 1. The third kappa shape index (κ3) is 4.95. The zero-order valence-corrected chi connectivity index (χ0v) is 14.8. The Bertz CT molecular complexity index is 693. The van der Waals surface area contributed by atoms with Crippen molar-refractivity contribution in [3.8, 4) is 0 Å². The van der Waals surface area contributed by atoms with Gasteiger partial charge in [0.25, 0.3) is 5.91 Å². The molecule has 1 saturated heterocycles. The van der Waals surface area contributed by atoms with Gasteiger partial charge in [0.2, 0.25) is 15.9 Å². The number of carbonyl (C=O) groups excluding carboxylic acids is 2.